The number of carbonyl (C=O) groups excluding carboxylic acids is 1. The molecule has 0 radical (unpaired) electrons. The highest BCUT2D eigenvalue weighted by atomic mass is 32.2. The lowest BCUT2D eigenvalue weighted by molar-refractivity contribution is -0.117. The first-order valence-corrected chi connectivity index (χ1v) is 13.7. The van der Waals surface area contributed by atoms with Crippen LogP contribution < -0.4 is 9.64 Å². The first-order chi connectivity index (χ1) is 15.7. The Balaban J connectivity index is 1.69. The first kappa shape index (κ1) is 23.8. The quantitative estimate of drug-likeness (QED) is 0.611. The van der Waals surface area contributed by atoms with Crippen LogP contribution in [0, 0.1) is 5.92 Å². The molecule has 1 atom stereocenters. The van der Waals surface area contributed by atoms with Crippen LogP contribution in [-0.2, 0) is 32.3 Å². The Morgan fingerprint density at radius 3 is 2.70 bits per heavy atom. The van der Waals surface area contributed by atoms with E-state index in [0.29, 0.717) is 19.1 Å². The minimum Gasteiger partial charge on any atom is -0.492 e. The summed E-state index contributed by atoms with van der Waals surface area (Å²) in [5.41, 5.74) is 3.76. The molecule has 1 fully saturated rings. The van der Waals surface area contributed by atoms with E-state index in [2.05, 4.69) is 12.0 Å². The van der Waals surface area contributed by atoms with Crippen LogP contribution in [-0.4, -0.2) is 62.0 Å². The van der Waals surface area contributed by atoms with Crippen molar-refractivity contribution >= 4 is 21.4 Å². The summed E-state index contributed by atoms with van der Waals surface area (Å²) in [6.07, 6.45) is 8.50. The molecule has 1 saturated heterocycles. The second kappa shape index (κ2) is 9.85. The van der Waals surface area contributed by atoms with Gasteiger partial charge in [0.2, 0.25) is 5.91 Å². The number of benzene rings is 1. The average Bonchev–Trinajstić information content (AvgIpc) is 3.24. The molecule has 33 heavy (non-hydrogen) atoms. The van der Waals surface area contributed by atoms with Crippen LogP contribution in [0.5, 0.6) is 5.75 Å². The van der Waals surface area contributed by atoms with Crippen LogP contribution in [0.4, 0.5) is 5.69 Å². The van der Waals surface area contributed by atoms with E-state index >= 15 is 0 Å². The summed E-state index contributed by atoms with van der Waals surface area (Å²) in [5, 5.41) is 4.37. The van der Waals surface area contributed by atoms with Crippen molar-refractivity contribution in [3.05, 3.63) is 30.1 Å². The van der Waals surface area contributed by atoms with E-state index in [9.17, 15) is 13.2 Å². The van der Waals surface area contributed by atoms with Gasteiger partial charge in [0.15, 0.2) is 0 Å². The standard InChI is InChI=1S/C24H33N3O5S/c1-17-4-5-22-23(27(17)18(2)28)7-6-21(24(22)32-16-19-8-11-31-12-9-19)20-14-25-26(15-20)10-13-33(3,29)30/h6-7,14-15,17,19H,4-5,8-13,16H2,1-3H3. The number of rotatable bonds is 7. The maximum Gasteiger partial charge on any atom is 0.224 e. The van der Waals surface area contributed by atoms with E-state index in [1.54, 1.807) is 17.8 Å². The van der Waals surface area contributed by atoms with Crippen molar-refractivity contribution in [2.45, 2.75) is 52.1 Å². The molecule has 1 unspecified atom stereocenters. The molecule has 0 N–H and O–H groups in total. The number of amides is 1. The van der Waals surface area contributed by atoms with E-state index in [1.807, 2.05) is 23.2 Å². The summed E-state index contributed by atoms with van der Waals surface area (Å²) in [4.78, 5) is 14.3. The largest absolute Gasteiger partial charge is 0.492 e. The van der Waals surface area contributed by atoms with Crippen molar-refractivity contribution in [1.29, 1.82) is 0 Å². The topological polar surface area (TPSA) is 90.7 Å². The number of aryl methyl sites for hydroxylation is 1. The van der Waals surface area contributed by atoms with Crippen molar-refractivity contribution in [3.8, 4) is 16.9 Å². The molecule has 2 aliphatic rings. The lowest BCUT2D eigenvalue weighted by Crippen LogP contribution is -2.40. The molecule has 8 nitrogen and oxygen atoms in total. The maximum absolute atomic E-state index is 12.4. The second-order valence-corrected chi connectivity index (χ2v) is 11.5. The molecule has 1 aromatic heterocycles. The highest BCUT2D eigenvalue weighted by molar-refractivity contribution is 7.90. The third-order valence-corrected chi connectivity index (χ3v) is 7.45. The van der Waals surface area contributed by atoms with Gasteiger partial charge in [0.1, 0.15) is 15.6 Å². The number of ether oxygens (including phenoxy) is 2. The van der Waals surface area contributed by atoms with Gasteiger partial charge in [-0.25, -0.2) is 8.42 Å². The lowest BCUT2D eigenvalue weighted by Gasteiger charge is -2.36. The second-order valence-electron chi connectivity index (χ2n) is 9.21. The molecule has 0 spiro atoms. The number of anilines is 1. The van der Waals surface area contributed by atoms with Crippen LogP contribution in [0.2, 0.25) is 0 Å². The van der Waals surface area contributed by atoms with Gasteiger partial charge in [-0.05, 0) is 50.7 Å². The lowest BCUT2D eigenvalue weighted by atomic mass is 9.92. The van der Waals surface area contributed by atoms with E-state index in [1.165, 1.54) is 6.26 Å². The Morgan fingerprint density at radius 1 is 1.24 bits per heavy atom. The number of sulfone groups is 1. The number of nitrogens with zero attached hydrogens (tertiary/aromatic N) is 3. The van der Waals surface area contributed by atoms with Gasteiger partial charge >= 0.3 is 0 Å². The fourth-order valence-electron chi connectivity index (χ4n) is 4.68. The van der Waals surface area contributed by atoms with E-state index in [0.717, 1.165) is 67.0 Å². The Bertz CT molecular complexity index is 1110. The van der Waals surface area contributed by atoms with E-state index < -0.39 is 9.84 Å². The summed E-state index contributed by atoms with van der Waals surface area (Å²) in [6, 6.07) is 4.13. The van der Waals surface area contributed by atoms with Crippen LogP contribution in [0.25, 0.3) is 11.1 Å². The van der Waals surface area contributed by atoms with Gasteiger partial charge in [-0.1, -0.05) is 0 Å². The third kappa shape index (κ3) is 5.58. The summed E-state index contributed by atoms with van der Waals surface area (Å²) in [7, 11) is -3.07. The Hall–Kier alpha value is -2.39. The molecule has 1 amide bonds. The third-order valence-electron chi connectivity index (χ3n) is 6.53. The van der Waals surface area contributed by atoms with Gasteiger partial charge in [0.25, 0.3) is 0 Å². The van der Waals surface area contributed by atoms with E-state index in [-0.39, 0.29) is 17.7 Å². The van der Waals surface area contributed by atoms with Crippen molar-refractivity contribution in [1.82, 2.24) is 9.78 Å². The fourth-order valence-corrected chi connectivity index (χ4v) is 5.19. The zero-order chi connectivity index (χ0) is 23.6. The smallest absolute Gasteiger partial charge is 0.224 e. The van der Waals surface area contributed by atoms with Gasteiger partial charge in [-0.3, -0.25) is 9.48 Å². The number of fused-ring (bicyclic) bond motifs is 1. The molecule has 4 rings (SSSR count). The van der Waals surface area contributed by atoms with Gasteiger partial charge in [0.05, 0.1) is 30.8 Å². The summed E-state index contributed by atoms with van der Waals surface area (Å²) >= 11 is 0. The molecule has 2 aromatic rings. The molecule has 2 aliphatic heterocycles. The molecule has 3 heterocycles. The zero-order valence-corrected chi connectivity index (χ0v) is 20.4. The molecule has 180 valence electrons. The number of aromatic nitrogens is 2. The monoisotopic (exact) mass is 475 g/mol. The van der Waals surface area contributed by atoms with Crippen molar-refractivity contribution in [3.63, 3.8) is 0 Å². The fraction of sp³-hybridized carbons (Fsp3) is 0.583. The Morgan fingerprint density at radius 2 is 2.00 bits per heavy atom. The predicted octanol–water partition coefficient (Wildman–Crippen LogP) is 3.09. The molecular formula is C24H33N3O5S. The van der Waals surface area contributed by atoms with Crippen LogP contribution in [0.1, 0.15) is 38.7 Å². The van der Waals surface area contributed by atoms with E-state index in [4.69, 9.17) is 9.47 Å². The highest BCUT2D eigenvalue weighted by Crippen LogP contribution is 2.43. The predicted molar refractivity (Wildman–Crippen MR) is 127 cm³/mol. The number of hydrogen-bond donors (Lipinski definition) is 0. The molecule has 0 bridgehead atoms. The SMILES string of the molecule is CC(=O)N1c2ccc(-c3cnn(CCS(C)(=O)=O)c3)c(OCC3CCOCC3)c2CCC1C. The van der Waals surface area contributed by atoms with Crippen LogP contribution >= 0.6 is 0 Å². The molecular weight excluding hydrogens is 442 g/mol. The maximum atomic E-state index is 12.4. The highest BCUT2D eigenvalue weighted by Gasteiger charge is 2.30. The number of hydrogen-bond acceptors (Lipinski definition) is 6. The normalized spacial score (nSPS) is 19.4. The van der Waals surface area contributed by atoms with Gasteiger partial charge in [-0.15, -0.1) is 0 Å². The van der Waals surface area contributed by atoms with Crippen LogP contribution in [0.3, 0.4) is 0 Å². The minimum atomic E-state index is -3.07. The average molecular weight is 476 g/mol. The summed E-state index contributed by atoms with van der Waals surface area (Å²) < 4.78 is 36.7. The molecule has 0 saturated carbocycles. The van der Waals surface area contributed by atoms with Crippen molar-refractivity contribution in [2.75, 3.05) is 36.7 Å². The van der Waals surface area contributed by atoms with Crippen molar-refractivity contribution in [2.24, 2.45) is 5.92 Å². The molecule has 9 heteroatoms. The van der Waals surface area contributed by atoms with Crippen LogP contribution in [0.15, 0.2) is 24.5 Å². The minimum absolute atomic E-state index is 0.0279. The zero-order valence-electron chi connectivity index (χ0n) is 19.6. The van der Waals surface area contributed by atoms with Crippen molar-refractivity contribution < 1.29 is 22.7 Å². The number of carbonyl (C=O) groups is 1. The Labute approximate surface area is 195 Å². The summed E-state index contributed by atoms with van der Waals surface area (Å²) in [5.74, 6) is 1.31. The molecule has 0 aliphatic carbocycles. The molecule has 1 aromatic carbocycles. The Kier molecular flexibility index (Phi) is 7.09. The van der Waals surface area contributed by atoms with Gasteiger partial charge in [0, 0.05) is 55.3 Å². The summed E-state index contributed by atoms with van der Waals surface area (Å²) in [6.45, 7) is 6.11. The van der Waals surface area contributed by atoms with Gasteiger partial charge in [-0.2, -0.15) is 5.10 Å². The first-order valence-electron chi connectivity index (χ1n) is 11.6. The van der Waals surface area contributed by atoms with Gasteiger partial charge < -0.3 is 14.4 Å².